The molecule has 5 atom stereocenters. The number of fused-ring (bicyclic) bond motifs is 1. The molecule has 0 amide bonds. The summed E-state index contributed by atoms with van der Waals surface area (Å²) in [6.45, 7) is 6.81. The van der Waals surface area contributed by atoms with Gasteiger partial charge in [0.05, 0.1) is 24.3 Å². The fraction of sp³-hybridized carbons (Fsp3) is 0.481. The van der Waals surface area contributed by atoms with Crippen LogP contribution in [0, 0.1) is 0 Å². The summed E-state index contributed by atoms with van der Waals surface area (Å²) in [6, 6.07) is 18.6. The zero-order chi connectivity index (χ0) is 22.7. The van der Waals surface area contributed by atoms with Crippen molar-refractivity contribution in [1.29, 1.82) is 0 Å². The van der Waals surface area contributed by atoms with E-state index in [9.17, 15) is 15.3 Å². The van der Waals surface area contributed by atoms with Gasteiger partial charge in [-0.05, 0) is 56.2 Å². The monoisotopic (exact) mass is 436 g/mol. The Morgan fingerprint density at radius 2 is 1.69 bits per heavy atom. The number of likely N-dealkylation sites (tertiary alicyclic amines) is 1. The number of aliphatic hydroxyl groups excluding tert-OH is 3. The van der Waals surface area contributed by atoms with Gasteiger partial charge in [0, 0.05) is 18.8 Å². The van der Waals surface area contributed by atoms with Crippen molar-refractivity contribution in [3.63, 3.8) is 0 Å². The highest BCUT2D eigenvalue weighted by Gasteiger charge is 2.41. The molecule has 0 bridgehead atoms. The molecule has 2 aliphatic heterocycles. The fourth-order valence-electron chi connectivity index (χ4n) is 5.29. The first-order valence-electron chi connectivity index (χ1n) is 11.8. The van der Waals surface area contributed by atoms with Gasteiger partial charge in [-0.2, -0.15) is 0 Å². The largest absolute Gasteiger partial charge is 0.389 e. The topological polar surface area (TPSA) is 67.2 Å². The number of aliphatic hydroxyl groups is 3. The lowest BCUT2D eigenvalue weighted by Gasteiger charge is -2.46. The number of benzene rings is 2. The van der Waals surface area contributed by atoms with Crippen molar-refractivity contribution in [3.8, 4) is 0 Å². The number of hydrogen-bond donors (Lipinski definition) is 3. The van der Waals surface area contributed by atoms with E-state index in [1.165, 1.54) is 11.1 Å². The van der Waals surface area contributed by atoms with Crippen molar-refractivity contribution in [2.75, 3.05) is 18.0 Å². The molecule has 5 heteroatoms. The van der Waals surface area contributed by atoms with Crippen LogP contribution in [0.5, 0.6) is 0 Å². The summed E-state index contributed by atoms with van der Waals surface area (Å²) in [4.78, 5) is 4.24. The molecule has 3 N–H and O–H groups in total. The zero-order valence-electron chi connectivity index (χ0n) is 19.0. The lowest BCUT2D eigenvalue weighted by atomic mass is 9.89. The average Bonchev–Trinajstić information content (AvgIpc) is 3.13. The van der Waals surface area contributed by atoms with E-state index in [4.69, 9.17) is 0 Å². The highest BCUT2D eigenvalue weighted by molar-refractivity contribution is 5.58. The standard InChI is InChI=1S/C27H36N2O3/c1-19(2)9-8-14-24(28-17-25(30)26(31)18-28)27(32)29-22-13-7-6-12-21(22)15-16-23(29)20-10-4-3-5-11-20/h3-7,10-13,23-27,30-32H,1,8-9,14-18H2,2H3. The van der Waals surface area contributed by atoms with Crippen LogP contribution in [0.4, 0.5) is 5.69 Å². The van der Waals surface area contributed by atoms with Crippen molar-refractivity contribution in [2.24, 2.45) is 0 Å². The number of nitrogens with zero attached hydrogens (tertiary/aromatic N) is 2. The molecule has 5 unspecified atom stereocenters. The van der Waals surface area contributed by atoms with Gasteiger partial charge in [0.15, 0.2) is 0 Å². The quantitative estimate of drug-likeness (QED) is 0.551. The molecule has 5 nitrogen and oxygen atoms in total. The number of β-amino-alcohol motifs (C(OH)–C–C–N with tert-alkyl or cyclic N) is 2. The molecule has 32 heavy (non-hydrogen) atoms. The Kier molecular flexibility index (Phi) is 7.31. The van der Waals surface area contributed by atoms with E-state index in [2.05, 4.69) is 58.8 Å². The number of allylic oxidation sites excluding steroid dienone is 1. The van der Waals surface area contributed by atoms with Gasteiger partial charge in [0.1, 0.15) is 6.23 Å². The third-order valence-corrected chi connectivity index (χ3v) is 6.97. The minimum atomic E-state index is -0.774. The Labute approximate surface area is 191 Å². The average molecular weight is 437 g/mol. The fourth-order valence-corrected chi connectivity index (χ4v) is 5.29. The SMILES string of the molecule is C=C(C)CCCC(C(O)N1c2ccccc2CCC1c1ccccc1)N1CC(O)C(O)C1. The lowest BCUT2D eigenvalue weighted by molar-refractivity contribution is 0.0380. The van der Waals surface area contributed by atoms with Crippen LogP contribution in [0.25, 0.3) is 0 Å². The molecule has 2 aromatic rings. The first kappa shape index (κ1) is 23.0. The Hall–Kier alpha value is -2.18. The second kappa shape index (κ2) is 10.2. The number of rotatable bonds is 8. The number of hydrogen-bond acceptors (Lipinski definition) is 5. The van der Waals surface area contributed by atoms with Crippen LogP contribution in [0.3, 0.4) is 0 Å². The van der Waals surface area contributed by atoms with Crippen LogP contribution in [-0.2, 0) is 6.42 Å². The van der Waals surface area contributed by atoms with Gasteiger partial charge < -0.3 is 20.2 Å². The first-order chi connectivity index (χ1) is 15.5. The molecule has 0 saturated carbocycles. The van der Waals surface area contributed by atoms with E-state index in [1.54, 1.807) is 0 Å². The molecule has 172 valence electrons. The van der Waals surface area contributed by atoms with E-state index in [1.807, 2.05) is 19.1 Å². The summed E-state index contributed by atoms with van der Waals surface area (Å²) in [6.07, 6.45) is 2.18. The highest BCUT2D eigenvalue weighted by atomic mass is 16.3. The number of anilines is 1. The maximum Gasteiger partial charge on any atom is 0.143 e. The van der Waals surface area contributed by atoms with Crippen LogP contribution in [-0.4, -0.2) is 57.8 Å². The van der Waals surface area contributed by atoms with Gasteiger partial charge in [0.25, 0.3) is 0 Å². The van der Waals surface area contributed by atoms with E-state index < -0.39 is 18.4 Å². The molecule has 0 spiro atoms. The zero-order valence-corrected chi connectivity index (χ0v) is 19.0. The molecule has 2 heterocycles. The van der Waals surface area contributed by atoms with E-state index in [0.717, 1.165) is 43.4 Å². The first-order valence-corrected chi connectivity index (χ1v) is 11.8. The molecule has 0 radical (unpaired) electrons. The number of para-hydroxylation sites is 1. The van der Waals surface area contributed by atoms with Gasteiger partial charge in [-0.15, -0.1) is 6.58 Å². The summed E-state index contributed by atoms with van der Waals surface area (Å²) >= 11 is 0. The van der Waals surface area contributed by atoms with E-state index >= 15 is 0 Å². The second-order valence-electron chi connectivity index (χ2n) is 9.42. The maximum atomic E-state index is 11.9. The molecule has 2 aliphatic rings. The number of aryl methyl sites for hydroxylation is 1. The molecule has 0 aromatic heterocycles. The summed E-state index contributed by atoms with van der Waals surface area (Å²) in [7, 11) is 0. The van der Waals surface area contributed by atoms with Crippen LogP contribution in [0.2, 0.25) is 0 Å². The third kappa shape index (κ3) is 4.91. The van der Waals surface area contributed by atoms with Crippen LogP contribution in [0.1, 0.15) is 49.8 Å². The Morgan fingerprint density at radius 1 is 1.03 bits per heavy atom. The van der Waals surface area contributed by atoms with Gasteiger partial charge in [0.2, 0.25) is 0 Å². The minimum absolute atomic E-state index is 0.0715. The smallest absolute Gasteiger partial charge is 0.143 e. The Morgan fingerprint density at radius 3 is 2.38 bits per heavy atom. The van der Waals surface area contributed by atoms with Crippen molar-refractivity contribution in [3.05, 3.63) is 77.9 Å². The second-order valence-corrected chi connectivity index (χ2v) is 9.42. The Bertz CT molecular complexity index is 893. The van der Waals surface area contributed by atoms with E-state index in [0.29, 0.717) is 13.1 Å². The van der Waals surface area contributed by atoms with E-state index in [-0.39, 0.29) is 12.1 Å². The molecule has 0 aliphatic carbocycles. The minimum Gasteiger partial charge on any atom is -0.389 e. The molecule has 1 fully saturated rings. The molecular weight excluding hydrogens is 400 g/mol. The Balaban J connectivity index is 1.68. The van der Waals surface area contributed by atoms with Crippen molar-refractivity contribution >= 4 is 5.69 Å². The van der Waals surface area contributed by atoms with Crippen molar-refractivity contribution in [2.45, 2.75) is 69.5 Å². The molecular formula is C27H36N2O3. The lowest BCUT2D eigenvalue weighted by Crippen LogP contribution is -2.54. The summed E-state index contributed by atoms with van der Waals surface area (Å²) in [5.41, 5.74) is 4.65. The predicted octanol–water partition coefficient (Wildman–Crippen LogP) is 3.65. The maximum absolute atomic E-state index is 11.9. The predicted molar refractivity (Wildman–Crippen MR) is 128 cm³/mol. The molecule has 4 rings (SSSR count). The van der Waals surface area contributed by atoms with Crippen LogP contribution < -0.4 is 4.90 Å². The van der Waals surface area contributed by atoms with Gasteiger partial charge in [-0.25, -0.2) is 0 Å². The summed E-state index contributed by atoms with van der Waals surface area (Å²) in [5.74, 6) is 0. The van der Waals surface area contributed by atoms with Crippen molar-refractivity contribution < 1.29 is 15.3 Å². The summed E-state index contributed by atoms with van der Waals surface area (Å²) < 4.78 is 0. The third-order valence-electron chi connectivity index (χ3n) is 6.97. The van der Waals surface area contributed by atoms with Gasteiger partial charge >= 0.3 is 0 Å². The molecule has 1 saturated heterocycles. The molecule has 2 aromatic carbocycles. The van der Waals surface area contributed by atoms with Crippen molar-refractivity contribution in [1.82, 2.24) is 4.90 Å². The van der Waals surface area contributed by atoms with Gasteiger partial charge in [-0.1, -0.05) is 54.1 Å². The summed E-state index contributed by atoms with van der Waals surface area (Å²) in [5, 5.41) is 32.3. The van der Waals surface area contributed by atoms with Crippen LogP contribution >= 0.6 is 0 Å². The van der Waals surface area contributed by atoms with Crippen LogP contribution in [0.15, 0.2) is 66.7 Å². The highest BCUT2D eigenvalue weighted by Crippen LogP contribution is 2.41. The van der Waals surface area contributed by atoms with Gasteiger partial charge in [-0.3, -0.25) is 4.90 Å². The normalized spacial score (nSPS) is 25.4.